The molecule has 2 aromatic heterocycles. The van der Waals surface area contributed by atoms with Gasteiger partial charge in [-0.05, 0) is 42.3 Å². The van der Waals surface area contributed by atoms with Crippen molar-refractivity contribution in [1.82, 2.24) is 9.55 Å². The van der Waals surface area contributed by atoms with Crippen LogP contribution < -0.4 is 0 Å². The third-order valence-corrected chi connectivity index (χ3v) is 3.95. The summed E-state index contributed by atoms with van der Waals surface area (Å²) in [5.41, 5.74) is 5.67. The van der Waals surface area contributed by atoms with Crippen LogP contribution in [0.2, 0.25) is 0 Å². The summed E-state index contributed by atoms with van der Waals surface area (Å²) in [7, 11) is 0. The van der Waals surface area contributed by atoms with E-state index < -0.39 is 0 Å². The zero-order valence-corrected chi connectivity index (χ0v) is 12.9. The van der Waals surface area contributed by atoms with Crippen LogP contribution in [0.5, 0.6) is 0 Å². The van der Waals surface area contributed by atoms with Gasteiger partial charge in [-0.2, -0.15) is 5.26 Å². The molecule has 0 amide bonds. The third kappa shape index (κ3) is 3.01. The highest BCUT2D eigenvalue weighted by Gasteiger charge is 2.14. The van der Waals surface area contributed by atoms with E-state index in [1.54, 1.807) is 18.3 Å². The fourth-order valence-corrected chi connectivity index (χ4v) is 2.77. The zero-order chi connectivity index (χ0) is 16.2. The van der Waals surface area contributed by atoms with Gasteiger partial charge in [0.05, 0.1) is 23.9 Å². The van der Waals surface area contributed by atoms with Gasteiger partial charge in [-0.3, -0.25) is 4.98 Å². The molecule has 3 aromatic rings. The lowest BCUT2D eigenvalue weighted by Gasteiger charge is -2.11. The first-order valence-electron chi connectivity index (χ1n) is 7.42. The lowest BCUT2D eigenvalue weighted by Crippen LogP contribution is -2.07. The molecule has 0 radical (unpaired) electrons. The van der Waals surface area contributed by atoms with E-state index in [-0.39, 0.29) is 6.61 Å². The minimum absolute atomic E-state index is 0.0383. The van der Waals surface area contributed by atoms with Crippen LogP contribution in [-0.4, -0.2) is 14.7 Å². The summed E-state index contributed by atoms with van der Waals surface area (Å²) in [4.78, 5) is 4.14. The van der Waals surface area contributed by atoms with E-state index in [1.165, 1.54) is 0 Å². The van der Waals surface area contributed by atoms with Crippen molar-refractivity contribution in [2.75, 3.05) is 0 Å². The molecule has 0 unspecified atom stereocenters. The molecule has 0 aliphatic rings. The van der Waals surface area contributed by atoms with Gasteiger partial charge in [0.25, 0.3) is 0 Å². The monoisotopic (exact) mass is 303 g/mol. The van der Waals surface area contributed by atoms with Gasteiger partial charge in [-0.25, -0.2) is 0 Å². The molecule has 2 heterocycles. The van der Waals surface area contributed by atoms with E-state index in [4.69, 9.17) is 5.26 Å². The first-order chi connectivity index (χ1) is 11.2. The maximum absolute atomic E-state index is 9.86. The van der Waals surface area contributed by atoms with Crippen molar-refractivity contribution in [2.45, 2.75) is 20.1 Å². The van der Waals surface area contributed by atoms with Crippen molar-refractivity contribution in [3.05, 3.63) is 77.4 Å². The normalized spacial score (nSPS) is 10.5. The minimum Gasteiger partial charge on any atom is -0.390 e. The minimum atomic E-state index is -0.0383. The smallest absolute Gasteiger partial charge is 0.0991 e. The highest BCUT2D eigenvalue weighted by atomic mass is 16.3. The van der Waals surface area contributed by atoms with Crippen LogP contribution in [0.3, 0.4) is 0 Å². The molecule has 3 rings (SSSR count). The molecule has 0 fully saturated rings. The molecule has 114 valence electrons. The van der Waals surface area contributed by atoms with Crippen molar-refractivity contribution in [3.63, 3.8) is 0 Å². The fraction of sp³-hybridized carbons (Fsp3) is 0.158. The number of nitriles is 1. The Morgan fingerprint density at radius 1 is 1.22 bits per heavy atom. The molecule has 0 spiro atoms. The molecule has 0 saturated heterocycles. The number of rotatable bonds is 4. The van der Waals surface area contributed by atoms with Gasteiger partial charge in [0.2, 0.25) is 0 Å². The van der Waals surface area contributed by atoms with E-state index in [9.17, 15) is 5.11 Å². The van der Waals surface area contributed by atoms with Gasteiger partial charge < -0.3 is 9.67 Å². The molecule has 0 saturated carbocycles. The molecule has 23 heavy (non-hydrogen) atoms. The standard InChI is InChI=1S/C19H17N3O/c1-14-9-18(17-6-4-15(10-20)5-7-17)19(13-23)22(14)12-16-3-2-8-21-11-16/h2-9,11,23H,12-13H2,1H3. The molecule has 1 N–H and O–H groups in total. The van der Waals surface area contributed by atoms with Crippen LogP contribution in [0.25, 0.3) is 11.1 Å². The van der Waals surface area contributed by atoms with Gasteiger partial charge >= 0.3 is 0 Å². The number of aryl methyl sites for hydroxylation is 1. The van der Waals surface area contributed by atoms with E-state index in [0.717, 1.165) is 28.1 Å². The molecule has 0 bridgehead atoms. The Labute approximate surface area is 135 Å². The fourth-order valence-electron chi connectivity index (χ4n) is 2.77. The average Bonchev–Trinajstić information content (AvgIpc) is 2.92. The van der Waals surface area contributed by atoms with Crippen molar-refractivity contribution in [2.24, 2.45) is 0 Å². The summed E-state index contributed by atoms with van der Waals surface area (Å²) in [5.74, 6) is 0. The SMILES string of the molecule is Cc1cc(-c2ccc(C#N)cc2)c(CO)n1Cc1cccnc1. The highest BCUT2D eigenvalue weighted by Crippen LogP contribution is 2.28. The number of nitrogens with zero attached hydrogens (tertiary/aromatic N) is 3. The highest BCUT2D eigenvalue weighted by molar-refractivity contribution is 5.68. The number of pyridine rings is 1. The topological polar surface area (TPSA) is 61.8 Å². The quantitative estimate of drug-likeness (QED) is 0.804. The van der Waals surface area contributed by atoms with E-state index in [0.29, 0.717) is 12.1 Å². The van der Waals surface area contributed by atoms with E-state index >= 15 is 0 Å². The maximum atomic E-state index is 9.86. The van der Waals surface area contributed by atoms with Gasteiger partial charge in [-0.1, -0.05) is 18.2 Å². The molecule has 4 nitrogen and oxygen atoms in total. The molecular weight excluding hydrogens is 286 g/mol. The molecule has 0 aliphatic heterocycles. The van der Waals surface area contributed by atoms with Crippen LogP contribution in [-0.2, 0) is 13.2 Å². The number of aromatic nitrogens is 2. The Hall–Kier alpha value is -2.90. The second-order valence-corrected chi connectivity index (χ2v) is 5.44. The first kappa shape index (κ1) is 15.0. The summed E-state index contributed by atoms with van der Waals surface area (Å²) in [6.45, 7) is 2.66. The van der Waals surface area contributed by atoms with Crippen molar-refractivity contribution in [1.29, 1.82) is 5.26 Å². The van der Waals surface area contributed by atoms with Crippen molar-refractivity contribution >= 4 is 0 Å². The molecule has 0 aliphatic carbocycles. The van der Waals surface area contributed by atoms with Crippen LogP contribution >= 0.6 is 0 Å². The number of aliphatic hydroxyl groups is 1. The van der Waals surface area contributed by atoms with Crippen molar-refractivity contribution in [3.8, 4) is 17.2 Å². The Morgan fingerprint density at radius 2 is 2.00 bits per heavy atom. The Kier molecular flexibility index (Phi) is 4.22. The average molecular weight is 303 g/mol. The number of benzene rings is 1. The largest absolute Gasteiger partial charge is 0.390 e. The zero-order valence-electron chi connectivity index (χ0n) is 12.9. The lowest BCUT2D eigenvalue weighted by atomic mass is 10.0. The van der Waals surface area contributed by atoms with Gasteiger partial charge in [0, 0.05) is 30.2 Å². The Morgan fingerprint density at radius 3 is 2.61 bits per heavy atom. The summed E-state index contributed by atoms with van der Waals surface area (Å²) in [6.07, 6.45) is 3.59. The second-order valence-electron chi connectivity index (χ2n) is 5.44. The number of hydrogen-bond acceptors (Lipinski definition) is 3. The lowest BCUT2D eigenvalue weighted by molar-refractivity contribution is 0.272. The van der Waals surface area contributed by atoms with Crippen molar-refractivity contribution < 1.29 is 5.11 Å². The molecule has 1 aromatic carbocycles. The van der Waals surface area contributed by atoms with Gasteiger partial charge in [0.1, 0.15) is 0 Å². The Bertz CT molecular complexity index is 843. The van der Waals surface area contributed by atoms with Crippen LogP contribution in [0.15, 0.2) is 54.9 Å². The predicted octanol–water partition coefficient (Wildman–Crippen LogP) is 3.27. The molecule has 4 heteroatoms. The third-order valence-electron chi connectivity index (χ3n) is 3.95. The molecule has 0 atom stereocenters. The van der Waals surface area contributed by atoms with Gasteiger partial charge in [0.15, 0.2) is 0 Å². The second kappa shape index (κ2) is 6.47. The first-order valence-corrected chi connectivity index (χ1v) is 7.42. The van der Waals surface area contributed by atoms with Gasteiger partial charge in [-0.15, -0.1) is 0 Å². The summed E-state index contributed by atoms with van der Waals surface area (Å²) >= 11 is 0. The molecular formula is C19H17N3O. The maximum Gasteiger partial charge on any atom is 0.0991 e. The number of aliphatic hydroxyl groups excluding tert-OH is 1. The summed E-state index contributed by atoms with van der Waals surface area (Å²) in [6, 6.07) is 15.6. The van der Waals surface area contributed by atoms with Crippen LogP contribution in [0.1, 0.15) is 22.5 Å². The predicted molar refractivity (Wildman–Crippen MR) is 88.6 cm³/mol. The summed E-state index contributed by atoms with van der Waals surface area (Å²) in [5, 5.41) is 18.8. The van der Waals surface area contributed by atoms with Crippen LogP contribution in [0.4, 0.5) is 0 Å². The Balaban J connectivity index is 2.02. The van der Waals surface area contributed by atoms with E-state index in [1.807, 2.05) is 37.4 Å². The van der Waals surface area contributed by atoms with Crippen LogP contribution in [0, 0.1) is 18.3 Å². The number of hydrogen-bond donors (Lipinski definition) is 1. The van der Waals surface area contributed by atoms with E-state index in [2.05, 4.69) is 21.7 Å². The summed E-state index contributed by atoms with van der Waals surface area (Å²) < 4.78 is 2.10.